The molecule has 1 aliphatic rings. The van der Waals surface area contributed by atoms with Crippen LogP contribution in [0.2, 0.25) is 0 Å². The Balaban J connectivity index is 1.57. The number of amides is 2. The van der Waals surface area contributed by atoms with Crippen LogP contribution >= 0.6 is 0 Å². The number of nitrogens with zero attached hydrogens (tertiary/aromatic N) is 4. The topological polar surface area (TPSA) is 105 Å². The zero-order valence-corrected chi connectivity index (χ0v) is 15.8. The summed E-state index contributed by atoms with van der Waals surface area (Å²) >= 11 is 0. The van der Waals surface area contributed by atoms with Crippen molar-refractivity contribution in [1.82, 2.24) is 30.3 Å². The molecule has 0 radical (unpaired) electrons. The van der Waals surface area contributed by atoms with Crippen molar-refractivity contribution in [3.8, 4) is 0 Å². The average Bonchev–Trinajstić information content (AvgIpc) is 3.25. The highest BCUT2D eigenvalue weighted by Crippen LogP contribution is 2.16. The van der Waals surface area contributed by atoms with Crippen molar-refractivity contribution in [2.75, 3.05) is 13.1 Å². The highest BCUT2D eigenvalue weighted by atomic mass is 16.3. The Hall–Kier alpha value is -2.68. The van der Waals surface area contributed by atoms with Crippen LogP contribution in [-0.4, -0.2) is 50.6 Å². The Labute approximate surface area is 158 Å². The predicted octanol–water partition coefficient (Wildman–Crippen LogP) is 0.596. The molecule has 0 aliphatic carbocycles. The molecule has 2 amide bonds. The lowest BCUT2D eigenvalue weighted by Crippen LogP contribution is -2.56. The Bertz CT molecular complexity index is 784. The fourth-order valence-electron chi connectivity index (χ4n) is 3.21. The summed E-state index contributed by atoms with van der Waals surface area (Å²) in [7, 11) is 0. The third kappa shape index (κ3) is 4.94. The standard InChI is InChI=1S/C18H26N6O3/c1-3-7-24-12-21-22-16(24)10-20-17(25)9-15-18(26)19-6-8-23(15)11-14-5-4-13(2)27-14/h4-5,12,15H,3,6-11H2,1-2H3,(H,19,26)(H,20,25)/t15-/m1/s1. The van der Waals surface area contributed by atoms with Crippen molar-refractivity contribution >= 4 is 11.8 Å². The molecule has 1 fully saturated rings. The third-order valence-corrected chi connectivity index (χ3v) is 4.58. The molecule has 0 aromatic carbocycles. The zero-order valence-electron chi connectivity index (χ0n) is 15.8. The van der Waals surface area contributed by atoms with Gasteiger partial charge in [-0.1, -0.05) is 6.92 Å². The van der Waals surface area contributed by atoms with Crippen molar-refractivity contribution in [3.63, 3.8) is 0 Å². The molecule has 0 saturated carbocycles. The minimum Gasteiger partial charge on any atom is -0.465 e. The molecule has 0 spiro atoms. The second-order valence-corrected chi connectivity index (χ2v) is 6.71. The van der Waals surface area contributed by atoms with E-state index in [9.17, 15) is 9.59 Å². The molecule has 0 bridgehead atoms. The molecule has 3 heterocycles. The van der Waals surface area contributed by atoms with E-state index in [2.05, 4.69) is 27.8 Å². The molecular weight excluding hydrogens is 348 g/mol. The van der Waals surface area contributed by atoms with Gasteiger partial charge in [-0.3, -0.25) is 14.5 Å². The number of carbonyl (C=O) groups is 2. The van der Waals surface area contributed by atoms with Crippen LogP contribution in [0.5, 0.6) is 0 Å². The van der Waals surface area contributed by atoms with Crippen molar-refractivity contribution in [3.05, 3.63) is 35.8 Å². The first-order valence-electron chi connectivity index (χ1n) is 9.27. The van der Waals surface area contributed by atoms with Crippen LogP contribution in [0.3, 0.4) is 0 Å². The lowest BCUT2D eigenvalue weighted by Gasteiger charge is -2.34. The van der Waals surface area contributed by atoms with E-state index in [0.717, 1.165) is 24.5 Å². The van der Waals surface area contributed by atoms with Gasteiger partial charge in [-0.15, -0.1) is 10.2 Å². The van der Waals surface area contributed by atoms with Gasteiger partial charge in [-0.05, 0) is 25.5 Å². The molecule has 27 heavy (non-hydrogen) atoms. The number of carbonyl (C=O) groups excluding carboxylic acids is 2. The summed E-state index contributed by atoms with van der Waals surface area (Å²) < 4.78 is 7.53. The number of aromatic nitrogens is 3. The summed E-state index contributed by atoms with van der Waals surface area (Å²) in [6, 6.07) is 3.28. The van der Waals surface area contributed by atoms with Crippen LogP contribution in [0.4, 0.5) is 0 Å². The van der Waals surface area contributed by atoms with Crippen molar-refractivity contribution in [2.24, 2.45) is 0 Å². The molecular formula is C18H26N6O3. The van der Waals surface area contributed by atoms with E-state index < -0.39 is 6.04 Å². The first kappa shape index (κ1) is 19.1. The maximum atomic E-state index is 12.4. The molecule has 2 N–H and O–H groups in total. The number of piperazine rings is 1. The minimum absolute atomic E-state index is 0.0907. The van der Waals surface area contributed by atoms with Crippen LogP contribution in [0.1, 0.15) is 37.1 Å². The number of hydrogen-bond acceptors (Lipinski definition) is 6. The van der Waals surface area contributed by atoms with Gasteiger partial charge in [0.25, 0.3) is 0 Å². The van der Waals surface area contributed by atoms with E-state index >= 15 is 0 Å². The average molecular weight is 374 g/mol. The van der Waals surface area contributed by atoms with Crippen molar-refractivity contribution in [2.45, 2.75) is 52.4 Å². The number of furan rings is 1. The summed E-state index contributed by atoms with van der Waals surface area (Å²) in [6.45, 7) is 6.80. The van der Waals surface area contributed by atoms with E-state index in [0.29, 0.717) is 32.0 Å². The smallest absolute Gasteiger partial charge is 0.237 e. The molecule has 146 valence electrons. The number of aryl methyl sites for hydroxylation is 2. The van der Waals surface area contributed by atoms with Gasteiger partial charge in [0.1, 0.15) is 17.8 Å². The predicted molar refractivity (Wildman–Crippen MR) is 97.4 cm³/mol. The molecule has 3 rings (SSSR count). The Morgan fingerprint density at radius 2 is 2.30 bits per heavy atom. The van der Waals surface area contributed by atoms with Crippen LogP contribution in [0, 0.1) is 6.92 Å². The van der Waals surface area contributed by atoms with E-state index in [1.54, 1.807) is 6.33 Å². The second kappa shape index (κ2) is 8.81. The maximum Gasteiger partial charge on any atom is 0.237 e. The molecule has 2 aromatic rings. The van der Waals surface area contributed by atoms with E-state index in [1.807, 2.05) is 28.5 Å². The molecule has 0 unspecified atom stereocenters. The summed E-state index contributed by atoms with van der Waals surface area (Å²) in [6.07, 6.45) is 2.71. The fourth-order valence-corrected chi connectivity index (χ4v) is 3.21. The summed E-state index contributed by atoms with van der Waals surface area (Å²) in [4.78, 5) is 26.7. The van der Waals surface area contributed by atoms with Gasteiger partial charge in [-0.25, -0.2) is 0 Å². The Morgan fingerprint density at radius 1 is 1.44 bits per heavy atom. The maximum absolute atomic E-state index is 12.4. The van der Waals surface area contributed by atoms with Crippen molar-refractivity contribution < 1.29 is 14.0 Å². The first-order valence-corrected chi connectivity index (χ1v) is 9.27. The van der Waals surface area contributed by atoms with E-state index in [1.165, 1.54) is 0 Å². The summed E-state index contributed by atoms with van der Waals surface area (Å²) in [5.74, 6) is 2.01. The third-order valence-electron chi connectivity index (χ3n) is 4.58. The minimum atomic E-state index is -0.516. The molecule has 9 nitrogen and oxygen atoms in total. The largest absolute Gasteiger partial charge is 0.465 e. The lowest BCUT2D eigenvalue weighted by atomic mass is 10.1. The molecule has 1 aliphatic heterocycles. The van der Waals surface area contributed by atoms with Crippen LogP contribution in [0.15, 0.2) is 22.9 Å². The zero-order chi connectivity index (χ0) is 19.2. The highest BCUT2D eigenvalue weighted by Gasteiger charge is 2.32. The quantitative estimate of drug-likeness (QED) is 0.701. The Morgan fingerprint density at radius 3 is 3.04 bits per heavy atom. The number of nitrogens with one attached hydrogen (secondary N) is 2. The monoisotopic (exact) mass is 374 g/mol. The van der Waals surface area contributed by atoms with Gasteiger partial charge in [0.05, 0.1) is 25.6 Å². The van der Waals surface area contributed by atoms with Crippen LogP contribution < -0.4 is 10.6 Å². The highest BCUT2D eigenvalue weighted by molar-refractivity contribution is 5.88. The number of hydrogen-bond donors (Lipinski definition) is 2. The first-order chi connectivity index (χ1) is 13.1. The molecule has 2 aromatic heterocycles. The van der Waals surface area contributed by atoms with Crippen molar-refractivity contribution in [1.29, 1.82) is 0 Å². The summed E-state index contributed by atoms with van der Waals surface area (Å²) in [5.41, 5.74) is 0. The van der Waals surface area contributed by atoms with Gasteiger partial charge in [0.15, 0.2) is 5.82 Å². The van der Waals surface area contributed by atoms with Gasteiger partial charge in [-0.2, -0.15) is 0 Å². The Kier molecular flexibility index (Phi) is 6.23. The lowest BCUT2D eigenvalue weighted by molar-refractivity contribution is -0.134. The summed E-state index contributed by atoms with van der Waals surface area (Å²) in [5, 5.41) is 13.6. The van der Waals surface area contributed by atoms with Gasteiger partial charge in [0, 0.05) is 19.6 Å². The fraction of sp³-hybridized carbons (Fsp3) is 0.556. The SMILES string of the molecule is CCCn1cnnc1CNC(=O)C[C@@H]1C(=O)NCCN1Cc1ccc(C)o1. The number of rotatable bonds is 8. The second-order valence-electron chi connectivity index (χ2n) is 6.71. The molecule has 1 atom stereocenters. The van der Waals surface area contributed by atoms with Crippen LogP contribution in [-0.2, 0) is 29.2 Å². The van der Waals surface area contributed by atoms with E-state index in [4.69, 9.17) is 4.42 Å². The van der Waals surface area contributed by atoms with Gasteiger partial charge < -0.3 is 19.6 Å². The van der Waals surface area contributed by atoms with Crippen LogP contribution in [0.25, 0.3) is 0 Å². The van der Waals surface area contributed by atoms with Gasteiger partial charge in [0.2, 0.25) is 11.8 Å². The van der Waals surface area contributed by atoms with Gasteiger partial charge >= 0.3 is 0 Å². The molecule has 1 saturated heterocycles. The van der Waals surface area contributed by atoms with E-state index in [-0.39, 0.29) is 18.2 Å². The normalized spacial score (nSPS) is 17.7. The molecule has 9 heteroatoms.